The van der Waals surface area contributed by atoms with Gasteiger partial charge in [-0.2, -0.15) is 0 Å². The summed E-state index contributed by atoms with van der Waals surface area (Å²) in [7, 11) is 0. The van der Waals surface area contributed by atoms with E-state index in [9.17, 15) is 4.79 Å². The van der Waals surface area contributed by atoms with Crippen LogP contribution in [0.3, 0.4) is 0 Å². The summed E-state index contributed by atoms with van der Waals surface area (Å²) < 4.78 is 7.57. The summed E-state index contributed by atoms with van der Waals surface area (Å²) >= 11 is 12.2. The van der Waals surface area contributed by atoms with Crippen LogP contribution in [0.5, 0.6) is 0 Å². The van der Waals surface area contributed by atoms with Gasteiger partial charge < -0.3 is 14.8 Å². The maximum atomic E-state index is 11.7. The van der Waals surface area contributed by atoms with Gasteiger partial charge in [0.05, 0.1) is 16.3 Å². The van der Waals surface area contributed by atoms with Crippen molar-refractivity contribution in [3.63, 3.8) is 0 Å². The number of halogens is 2. The Kier molecular flexibility index (Phi) is 5.12. The van der Waals surface area contributed by atoms with Gasteiger partial charge in [0.25, 0.3) is 5.91 Å². The quantitative estimate of drug-likeness (QED) is 0.650. The first-order valence-electron chi connectivity index (χ1n) is 8.20. The summed E-state index contributed by atoms with van der Waals surface area (Å²) in [4.78, 5) is 11.7. The van der Waals surface area contributed by atoms with E-state index in [2.05, 4.69) is 19.0 Å². The number of primary amides is 1. The van der Waals surface area contributed by atoms with Crippen molar-refractivity contribution >= 4 is 29.1 Å². The number of amides is 1. The minimum Gasteiger partial charge on any atom is -0.366 e. The first-order chi connectivity index (χ1) is 12.3. The summed E-state index contributed by atoms with van der Waals surface area (Å²) in [6.07, 6.45) is 0. The molecule has 0 aliphatic carbocycles. The standard InChI is InChI=1S/C19H19Cl2N3O2/c1-10(2)9-24-11(3)14(19(22)25)7-17(24)18-8-16(23-26-18)13-5-4-12(20)6-15(13)21/h4-8,10H,9H2,1-3H3,(H2,22,25). The van der Waals surface area contributed by atoms with Crippen molar-refractivity contribution in [3.8, 4) is 22.7 Å². The molecule has 2 heterocycles. The predicted molar refractivity (Wildman–Crippen MR) is 103 cm³/mol. The monoisotopic (exact) mass is 391 g/mol. The van der Waals surface area contributed by atoms with Crippen molar-refractivity contribution < 1.29 is 9.32 Å². The molecule has 26 heavy (non-hydrogen) atoms. The highest BCUT2D eigenvalue weighted by atomic mass is 35.5. The van der Waals surface area contributed by atoms with Gasteiger partial charge in [0.15, 0.2) is 5.76 Å². The number of nitrogens with two attached hydrogens (primary N) is 1. The minimum atomic E-state index is -0.466. The zero-order chi connectivity index (χ0) is 19.0. The fourth-order valence-electron chi connectivity index (χ4n) is 2.92. The van der Waals surface area contributed by atoms with Crippen molar-refractivity contribution in [2.75, 3.05) is 0 Å². The molecule has 1 amide bonds. The SMILES string of the molecule is Cc1c(C(N)=O)cc(-c2cc(-c3ccc(Cl)cc3Cl)no2)n1CC(C)C. The second kappa shape index (κ2) is 7.17. The number of aromatic nitrogens is 2. The van der Waals surface area contributed by atoms with Gasteiger partial charge in [0.1, 0.15) is 5.69 Å². The molecule has 0 atom stereocenters. The van der Waals surface area contributed by atoms with E-state index in [0.717, 1.165) is 23.5 Å². The number of hydrogen-bond donors (Lipinski definition) is 1. The molecule has 3 aromatic rings. The van der Waals surface area contributed by atoms with Crippen LogP contribution in [-0.2, 0) is 6.54 Å². The molecule has 136 valence electrons. The van der Waals surface area contributed by atoms with Crippen LogP contribution in [0.2, 0.25) is 10.0 Å². The molecule has 0 bridgehead atoms. The Bertz CT molecular complexity index is 973. The summed E-state index contributed by atoms with van der Waals surface area (Å²) in [6.45, 7) is 6.81. The molecule has 0 aliphatic rings. The summed E-state index contributed by atoms with van der Waals surface area (Å²) in [5.74, 6) is 0.461. The second-order valence-corrected chi connectivity index (χ2v) is 7.44. The second-order valence-electron chi connectivity index (χ2n) is 6.60. The Morgan fingerprint density at radius 2 is 2.00 bits per heavy atom. The highest BCUT2D eigenvalue weighted by molar-refractivity contribution is 6.36. The third-order valence-corrected chi connectivity index (χ3v) is 4.70. The summed E-state index contributed by atoms with van der Waals surface area (Å²) in [5, 5.41) is 5.17. The first-order valence-corrected chi connectivity index (χ1v) is 8.96. The molecule has 5 nitrogen and oxygen atoms in total. The van der Waals surface area contributed by atoms with E-state index >= 15 is 0 Å². The molecule has 0 spiro atoms. The molecule has 0 aliphatic heterocycles. The van der Waals surface area contributed by atoms with Gasteiger partial charge in [0, 0.05) is 28.9 Å². The highest BCUT2D eigenvalue weighted by Crippen LogP contribution is 2.34. The lowest BCUT2D eigenvalue weighted by Crippen LogP contribution is -2.13. The number of rotatable bonds is 5. The molecule has 2 N–H and O–H groups in total. The van der Waals surface area contributed by atoms with E-state index in [4.69, 9.17) is 33.5 Å². The van der Waals surface area contributed by atoms with E-state index in [1.54, 1.807) is 30.3 Å². The molecule has 2 aromatic heterocycles. The maximum absolute atomic E-state index is 11.7. The molecule has 0 saturated carbocycles. The van der Waals surface area contributed by atoms with Crippen molar-refractivity contribution in [3.05, 3.63) is 51.6 Å². The third-order valence-electron chi connectivity index (χ3n) is 4.15. The van der Waals surface area contributed by atoms with Gasteiger partial charge in [-0.3, -0.25) is 4.79 Å². The van der Waals surface area contributed by atoms with E-state index < -0.39 is 5.91 Å². The van der Waals surface area contributed by atoms with E-state index in [-0.39, 0.29) is 0 Å². The molecule has 0 unspecified atom stereocenters. The molecule has 7 heteroatoms. The summed E-state index contributed by atoms with van der Waals surface area (Å²) in [5.41, 5.74) is 8.87. The molecule has 1 aromatic carbocycles. The molecular weight excluding hydrogens is 373 g/mol. The average Bonchev–Trinajstić information content (AvgIpc) is 3.13. The molecule has 0 saturated heterocycles. The Balaban J connectivity index is 2.08. The molecular formula is C19H19Cl2N3O2. The average molecular weight is 392 g/mol. The Morgan fingerprint density at radius 1 is 1.27 bits per heavy atom. The summed E-state index contributed by atoms with van der Waals surface area (Å²) in [6, 6.07) is 8.73. The van der Waals surface area contributed by atoms with Crippen LogP contribution in [0, 0.1) is 12.8 Å². The van der Waals surface area contributed by atoms with Crippen LogP contribution in [-0.4, -0.2) is 15.6 Å². The van der Waals surface area contributed by atoms with Gasteiger partial charge >= 0.3 is 0 Å². The van der Waals surface area contributed by atoms with Crippen molar-refractivity contribution in [1.29, 1.82) is 0 Å². The lowest BCUT2D eigenvalue weighted by Gasteiger charge is -2.12. The van der Waals surface area contributed by atoms with Gasteiger partial charge in [-0.05, 0) is 37.1 Å². The fourth-order valence-corrected chi connectivity index (χ4v) is 3.42. The first kappa shape index (κ1) is 18.5. The maximum Gasteiger partial charge on any atom is 0.250 e. The normalized spacial score (nSPS) is 11.3. The van der Waals surface area contributed by atoms with Crippen LogP contribution < -0.4 is 5.73 Å². The fraction of sp³-hybridized carbons (Fsp3) is 0.263. The van der Waals surface area contributed by atoms with Crippen molar-refractivity contribution in [2.45, 2.75) is 27.3 Å². The van der Waals surface area contributed by atoms with E-state index in [0.29, 0.717) is 33.0 Å². The minimum absolute atomic E-state index is 0.383. The van der Waals surface area contributed by atoms with Gasteiger partial charge in [-0.1, -0.05) is 42.2 Å². The zero-order valence-corrected chi connectivity index (χ0v) is 16.2. The van der Waals surface area contributed by atoms with Gasteiger partial charge in [-0.15, -0.1) is 0 Å². The van der Waals surface area contributed by atoms with Crippen LogP contribution in [0.15, 0.2) is 34.9 Å². The van der Waals surface area contributed by atoms with Crippen LogP contribution in [0.4, 0.5) is 0 Å². The zero-order valence-electron chi connectivity index (χ0n) is 14.7. The topological polar surface area (TPSA) is 74.1 Å². The highest BCUT2D eigenvalue weighted by Gasteiger charge is 2.21. The Morgan fingerprint density at radius 3 is 2.62 bits per heavy atom. The van der Waals surface area contributed by atoms with Gasteiger partial charge in [-0.25, -0.2) is 0 Å². The lowest BCUT2D eigenvalue weighted by molar-refractivity contribution is 0.0999. The van der Waals surface area contributed by atoms with Crippen molar-refractivity contribution in [2.24, 2.45) is 11.7 Å². The molecule has 0 fully saturated rings. The third kappa shape index (κ3) is 3.50. The number of benzene rings is 1. The van der Waals surface area contributed by atoms with Crippen LogP contribution in [0.1, 0.15) is 29.9 Å². The van der Waals surface area contributed by atoms with Gasteiger partial charge in [0.2, 0.25) is 0 Å². The number of nitrogens with zero attached hydrogens (tertiary/aromatic N) is 2. The lowest BCUT2D eigenvalue weighted by atomic mass is 10.1. The van der Waals surface area contributed by atoms with E-state index in [1.807, 2.05) is 11.5 Å². The number of carbonyl (C=O) groups excluding carboxylic acids is 1. The molecule has 0 radical (unpaired) electrons. The smallest absolute Gasteiger partial charge is 0.250 e. The number of hydrogen-bond acceptors (Lipinski definition) is 3. The van der Waals surface area contributed by atoms with Crippen LogP contribution >= 0.6 is 23.2 Å². The van der Waals surface area contributed by atoms with Crippen LogP contribution in [0.25, 0.3) is 22.7 Å². The Hall–Kier alpha value is -2.24. The van der Waals surface area contributed by atoms with Crippen molar-refractivity contribution in [1.82, 2.24) is 9.72 Å². The van der Waals surface area contributed by atoms with E-state index in [1.165, 1.54) is 0 Å². The Labute approximate surface area is 161 Å². The largest absolute Gasteiger partial charge is 0.366 e. The predicted octanol–water partition coefficient (Wildman–Crippen LogP) is 5.18. The molecule has 3 rings (SSSR count). The number of carbonyl (C=O) groups is 1.